The maximum absolute atomic E-state index is 13.3. The smallest absolute Gasteiger partial charge is 0.282 e. The van der Waals surface area contributed by atoms with Gasteiger partial charge in [0.05, 0.1) is 6.04 Å². The molecular weight excluding hydrogens is 514 g/mol. The number of nitrogens with zero attached hydrogens (tertiary/aromatic N) is 4. The van der Waals surface area contributed by atoms with Gasteiger partial charge in [0.1, 0.15) is 17.9 Å². The van der Waals surface area contributed by atoms with Gasteiger partial charge in [-0.25, -0.2) is 17.6 Å². The number of amides is 2. The Kier molecular flexibility index (Phi) is 7.97. The third-order valence-electron chi connectivity index (χ3n) is 7.48. The van der Waals surface area contributed by atoms with Crippen LogP contribution in [-0.2, 0) is 17.8 Å². The molecule has 2 atom stereocenters. The molecule has 2 amide bonds. The summed E-state index contributed by atoms with van der Waals surface area (Å²) in [5.74, 6) is -0.578. The predicted molar refractivity (Wildman–Crippen MR) is 135 cm³/mol. The summed E-state index contributed by atoms with van der Waals surface area (Å²) in [6.45, 7) is 1.38. The Bertz CT molecular complexity index is 1310. The first-order valence-electron chi connectivity index (χ1n) is 12.9. The second kappa shape index (κ2) is 11.6. The Hall–Kier alpha value is -3.73. The lowest BCUT2D eigenvalue weighted by Gasteiger charge is -2.43. The minimum Gasteiger partial charge on any atom is -0.345 e. The van der Waals surface area contributed by atoms with Crippen molar-refractivity contribution in [3.63, 3.8) is 0 Å². The van der Waals surface area contributed by atoms with Crippen LogP contribution in [0.25, 0.3) is 0 Å². The van der Waals surface area contributed by atoms with E-state index in [1.807, 2.05) is 36.4 Å². The molecule has 0 saturated carbocycles. The number of hydrogen-bond acceptors (Lipinski definition) is 4. The van der Waals surface area contributed by atoms with E-state index >= 15 is 0 Å². The average Bonchev–Trinajstić information content (AvgIpc) is 3.38. The van der Waals surface area contributed by atoms with E-state index in [1.54, 1.807) is 17.0 Å². The van der Waals surface area contributed by atoms with Crippen molar-refractivity contribution in [2.45, 2.75) is 44.3 Å². The monoisotopic (exact) mass is 543 g/mol. The number of hydrogen-bond donors (Lipinski definition) is 1. The molecule has 5 rings (SSSR count). The zero-order chi connectivity index (χ0) is 27.5. The SMILES string of the molecule is O=C(NC1C[C@H](N2CCN(C(=O)Cn3nc(C(F)F)cc3C(F)F)CC2)Cc2ccccc21)c1ccccc1. The molecule has 1 aliphatic heterocycles. The van der Waals surface area contributed by atoms with Gasteiger partial charge in [0.25, 0.3) is 18.8 Å². The van der Waals surface area contributed by atoms with E-state index < -0.39 is 36.7 Å². The Morgan fingerprint density at radius 2 is 1.62 bits per heavy atom. The first kappa shape index (κ1) is 26.9. The molecule has 1 N–H and O–H groups in total. The highest BCUT2D eigenvalue weighted by Gasteiger charge is 2.34. The number of alkyl halides is 4. The first-order valence-corrected chi connectivity index (χ1v) is 12.9. The maximum Gasteiger partial charge on any atom is 0.282 e. The van der Waals surface area contributed by atoms with Crippen LogP contribution in [-0.4, -0.2) is 63.6 Å². The number of nitrogens with one attached hydrogen (secondary N) is 1. The van der Waals surface area contributed by atoms with E-state index in [-0.39, 0.29) is 18.0 Å². The molecule has 1 aliphatic carbocycles. The van der Waals surface area contributed by atoms with E-state index in [0.29, 0.717) is 48.9 Å². The fourth-order valence-corrected chi connectivity index (χ4v) is 5.47. The number of rotatable bonds is 7. The molecule has 1 unspecified atom stereocenters. The number of carbonyl (C=O) groups is 2. The number of piperazine rings is 1. The fourth-order valence-electron chi connectivity index (χ4n) is 5.47. The number of carbonyl (C=O) groups excluding carboxylic acids is 2. The number of fused-ring (bicyclic) bond motifs is 1. The second-order valence-corrected chi connectivity index (χ2v) is 9.85. The fraction of sp³-hybridized carbons (Fsp3) is 0.393. The summed E-state index contributed by atoms with van der Waals surface area (Å²) in [5, 5.41) is 6.71. The Morgan fingerprint density at radius 3 is 2.31 bits per heavy atom. The molecular formula is C28H29F4N5O2. The predicted octanol–water partition coefficient (Wildman–Crippen LogP) is 4.39. The maximum atomic E-state index is 13.3. The minimum absolute atomic E-state index is 0.136. The third kappa shape index (κ3) is 5.98. The lowest BCUT2D eigenvalue weighted by Crippen LogP contribution is -2.54. The van der Waals surface area contributed by atoms with Crippen LogP contribution in [0, 0.1) is 0 Å². The molecule has 206 valence electrons. The summed E-state index contributed by atoms with van der Waals surface area (Å²) in [5.41, 5.74) is 1.40. The molecule has 1 fully saturated rings. The molecule has 0 spiro atoms. The van der Waals surface area contributed by atoms with E-state index in [4.69, 9.17) is 0 Å². The summed E-state index contributed by atoms with van der Waals surface area (Å²) >= 11 is 0. The van der Waals surface area contributed by atoms with E-state index in [1.165, 1.54) is 5.56 Å². The largest absolute Gasteiger partial charge is 0.345 e. The highest BCUT2D eigenvalue weighted by atomic mass is 19.3. The van der Waals surface area contributed by atoms with Crippen molar-refractivity contribution in [1.29, 1.82) is 0 Å². The van der Waals surface area contributed by atoms with Crippen molar-refractivity contribution in [1.82, 2.24) is 24.9 Å². The topological polar surface area (TPSA) is 70.5 Å². The third-order valence-corrected chi connectivity index (χ3v) is 7.48. The van der Waals surface area contributed by atoms with Crippen LogP contribution < -0.4 is 5.32 Å². The van der Waals surface area contributed by atoms with Crippen molar-refractivity contribution < 1.29 is 27.2 Å². The van der Waals surface area contributed by atoms with Crippen molar-refractivity contribution >= 4 is 11.8 Å². The van der Waals surface area contributed by atoms with Gasteiger partial charge < -0.3 is 10.2 Å². The van der Waals surface area contributed by atoms with E-state index in [0.717, 1.165) is 12.0 Å². The van der Waals surface area contributed by atoms with Crippen LogP contribution in [0.3, 0.4) is 0 Å². The molecule has 3 aromatic rings. The van der Waals surface area contributed by atoms with Crippen molar-refractivity contribution in [2.24, 2.45) is 0 Å². The molecule has 39 heavy (non-hydrogen) atoms. The molecule has 0 radical (unpaired) electrons. The summed E-state index contributed by atoms with van der Waals surface area (Å²) in [7, 11) is 0. The van der Waals surface area contributed by atoms with Crippen LogP contribution >= 0.6 is 0 Å². The summed E-state index contributed by atoms with van der Waals surface area (Å²) in [6, 6.07) is 17.8. The van der Waals surface area contributed by atoms with Crippen molar-refractivity contribution in [2.75, 3.05) is 26.2 Å². The molecule has 7 nitrogen and oxygen atoms in total. The molecule has 1 saturated heterocycles. The second-order valence-electron chi connectivity index (χ2n) is 9.85. The van der Waals surface area contributed by atoms with Gasteiger partial charge in [0.15, 0.2) is 0 Å². The quantitative estimate of drug-likeness (QED) is 0.449. The molecule has 2 aliphatic rings. The number of halogens is 4. The van der Waals surface area contributed by atoms with Crippen LogP contribution in [0.1, 0.15) is 58.2 Å². The van der Waals surface area contributed by atoms with Gasteiger partial charge in [0.2, 0.25) is 5.91 Å². The van der Waals surface area contributed by atoms with Crippen LogP contribution in [0.5, 0.6) is 0 Å². The van der Waals surface area contributed by atoms with E-state index in [9.17, 15) is 27.2 Å². The van der Waals surface area contributed by atoms with Gasteiger partial charge in [-0.15, -0.1) is 0 Å². The van der Waals surface area contributed by atoms with Crippen LogP contribution in [0.4, 0.5) is 17.6 Å². The van der Waals surface area contributed by atoms with Crippen molar-refractivity contribution in [3.8, 4) is 0 Å². The summed E-state index contributed by atoms with van der Waals surface area (Å²) in [4.78, 5) is 29.6. The summed E-state index contributed by atoms with van der Waals surface area (Å²) < 4.78 is 53.2. The van der Waals surface area contributed by atoms with E-state index in [2.05, 4.69) is 21.4 Å². The molecule has 2 aromatic carbocycles. The minimum atomic E-state index is -3.01. The number of benzene rings is 2. The molecule has 2 heterocycles. The van der Waals surface area contributed by atoms with Gasteiger partial charge in [0, 0.05) is 37.8 Å². The molecule has 0 bridgehead atoms. The molecule has 1 aromatic heterocycles. The van der Waals surface area contributed by atoms with Crippen LogP contribution in [0.2, 0.25) is 0 Å². The lowest BCUT2D eigenvalue weighted by atomic mass is 9.83. The highest BCUT2D eigenvalue weighted by molar-refractivity contribution is 5.94. The van der Waals surface area contributed by atoms with Gasteiger partial charge in [-0.3, -0.25) is 19.2 Å². The Morgan fingerprint density at radius 1 is 0.923 bits per heavy atom. The zero-order valence-electron chi connectivity index (χ0n) is 21.1. The standard InChI is InChI=1S/C28H29F4N5O2/c29-26(30)23-16-24(27(31)32)37(34-23)17-25(38)36-12-10-35(11-13-36)20-14-19-8-4-5-9-21(19)22(15-20)33-28(39)18-6-2-1-3-7-18/h1-9,16,20,22,26-27H,10-15,17H2,(H,33,39)/t20-,22?/m1/s1. The van der Waals surface area contributed by atoms with Gasteiger partial charge in [-0.1, -0.05) is 42.5 Å². The zero-order valence-corrected chi connectivity index (χ0v) is 21.1. The normalized spacial score (nSPS) is 19.8. The first-order chi connectivity index (χ1) is 18.8. The average molecular weight is 544 g/mol. The van der Waals surface area contributed by atoms with Crippen LogP contribution in [0.15, 0.2) is 60.7 Å². The van der Waals surface area contributed by atoms with Gasteiger partial charge in [-0.05, 0) is 42.2 Å². The Labute approximate surface area is 223 Å². The molecule has 11 heteroatoms. The summed E-state index contributed by atoms with van der Waals surface area (Å²) in [6.07, 6.45) is -4.49. The van der Waals surface area contributed by atoms with Gasteiger partial charge in [-0.2, -0.15) is 5.10 Å². The van der Waals surface area contributed by atoms with Crippen molar-refractivity contribution in [3.05, 3.63) is 88.7 Å². The Balaban J connectivity index is 1.22. The lowest BCUT2D eigenvalue weighted by molar-refractivity contribution is -0.134. The van der Waals surface area contributed by atoms with Gasteiger partial charge >= 0.3 is 0 Å². The number of aromatic nitrogens is 2. The highest BCUT2D eigenvalue weighted by Crippen LogP contribution is 2.33.